The molecule has 2 rings (SSSR count). The van der Waals surface area contributed by atoms with Crippen molar-refractivity contribution in [2.45, 2.75) is 33.2 Å². The quantitative estimate of drug-likeness (QED) is 0.859. The molecule has 2 N–H and O–H groups in total. The van der Waals surface area contributed by atoms with Gasteiger partial charge in [0.25, 0.3) is 0 Å². The number of hydrogen-bond donors (Lipinski definition) is 2. The summed E-state index contributed by atoms with van der Waals surface area (Å²) in [5.74, 6) is -0.0366. The molecule has 0 bridgehead atoms. The number of nitrogens with one attached hydrogen (secondary N) is 2. The van der Waals surface area contributed by atoms with Crippen molar-refractivity contribution in [2.75, 3.05) is 5.32 Å². The van der Waals surface area contributed by atoms with Crippen molar-refractivity contribution < 1.29 is 9.59 Å². The summed E-state index contributed by atoms with van der Waals surface area (Å²) in [4.78, 5) is 27.0. The maximum atomic E-state index is 11.4. The van der Waals surface area contributed by atoms with Crippen LogP contribution in [0.2, 0.25) is 0 Å². The van der Waals surface area contributed by atoms with Gasteiger partial charge in [-0.2, -0.15) is 0 Å². The van der Waals surface area contributed by atoms with Crippen molar-refractivity contribution in [2.24, 2.45) is 0 Å². The summed E-state index contributed by atoms with van der Waals surface area (Å²) in [5, 5.41) is 8.43. The Morgan fingerprint density at radius 1 is 1.23 bits per heavy atom. The van der Waals surface area contributed by atoms with Gasteiger partial charge in [-0.25, -0.2) is 4.98 Å². The zero-order chi connectivity index (χ0) is 15.9. The van der Waals surface area contributed by atoms with E-state index in [1.807, 2.05) is 36.6 Å². The lowest BCUT2D eigenvalue weighted by molar-refractivity contribution is -0.121. The molecule has 0 unspecified atom stereocenters. The molecule has 116 valence electrons. The average molecular weight is 317 g/mol. The van der Waals surface area contributed by atoms with Crippen molar-refractivity contribution in [3.05, 3.63) is 34.7 Å². The van der Waals surface area contributed by atoms with Gasteiger partial charge < -0.3 is 10.6 Å². The van der Waals surface area contributed by atoms with Crippen LogP contribution in [0.3, 0.4) is 0 Å². The standard InChI is InChI=1S/C16H19N3O2S/c1-3-4-15(21)17-9-16-19-14(10-22-16)12-5-7-13(8-6-12)18-11(2)20/h5-8,10H,3-4,9H2,1-2H3,(H,17,21)(H,18,20). The van der Waals surface area contributed by atoms with E-state index in [0.29, 0.717) is 13.0 Å². The minimum Gasteiger partial charge on any atom is -0.350 e. The molecule has 0 aliphatic heterocycles. The van der Waals surface area contributed by atoms with Gasteiger partial charge in [-0.15, -0.1) is 11.3 Å². The van der Waals surface area contributed by atoms with E-state index in [-0.39, 0.29) is 11.8 Å². The third-order valence-corrected chi connectivity index (χ3v) is 3.82. The molecule has 22 heavy (non-hydrogen) atoms. The van der Waals surface area contributed by atoms with Crippen LogP contribution in [0.1, 0.15) is 31.7 Å². The Labute approximate surface area is 133 Å². The van der Waals surface area contributed by atoms with Gasteiger partial charge in [0, 0.05) is 30.0 Å². The van der Waals surface area contributed by atoms with E-state index in [0.717, 1.165) is 28.4 Å². The summed E-state index contributed by atoms with van der Waals surface area (Å²) >= 11 is 1.52. The zero-order valence-corrected chi connectivity index (χ0v) is 13.5. The molecule has 1 aromatic heterocycles. The van der Waals surface area contributed by atoms with Gasteiger partial charge >= 0.3 is 0 Å². The fraction of sp³-hybridized carbons (Fsp3) is 0.312. The van der Waals surface area contributed by atoms with E-state index < -0.39 is 0 Å². The number of rotatable bonds is 6. The molecule has 0 radical (unpaired) electrons. The fourth-order valence-electron chi connectivity index (χ4n) is 1.94. The average Bonchev–Trinajstić information content (AvgIpc) is 2.94. The van der Waals surface area contributed by atoms with E-state index in [9.17, 15) is 9.59 Å². The van der Waals surface area contributed by atoms with Gasteiger partial charge in [0.15, 0.2) is 0 Å². The molecule has 6 heteroatoms. The van der Waals surface area contributed by atoms with E-state index in [1.54, 1.807) is 0 Å². The number of amides is 2. The van der Waals surface area contributed by atoms with Gasteiger partial charge in [-0.05, 0) is 18.6 Å². The van der Waals surface area contributed by atoms with Crippen molar-refractivity contribution in [1.82, 2.24) is 10.3 Å². The van der Waals surface area contributed by atoms with Crippen LogP contribution >= 0.6 is 11.3 Å². The molecule has 5 nitrogen and oxygen atoms in total. The predicted octanol–water partition coefficient (Wildman–Crippen LogP) is 3.18. The van der Waals surface area contributed by atoms with Crippen LogP contribution in [0.25, 0.3) is 11.3 Å². The minimum atomic E-state index is -0.0912. The predicted molar refractivity (Wildman–Crippen MR) is 88.6 cm³/mol. The van der Waals surface area contributed by atoms with Crippen LogP contribution in [0.4, 0.5) is 5.69 Å². The van der Waals surface area contributed by atoms with Crippen LogP contribution < -0.4 is 10.6 Å². The maximum absolute atomic E-state index is 11.4. The SMILES string of the molecule is CCCC(=O)NCc1nc(-c2ccc(NC(C)=O)cc2)cs1. The molecule has 0 spiro atoms. The van der Waals surface area contributed by atoms with Gasteiger partial charge in [0.05, 0.1) is 12.2 Å². The largest absolute Gasteiger partial charge is 0.350 e. The van der Waals surface area contributed by atoms with Crippen molar-refractivity contribution in [3.63, 3.8) is 0 Å². The number of anilines is 1. The number of carbonyl (C=O) groups is 2. The Balaban J connectivity index is 1.98. The molecule has 0 fully saturated rings. The van der Waals surface area contributed by atoms with Crippen molar-refractivity contribution in [3.8, 4) is 11.3 Å². The summed E-state index contributed by atoms with van der Waals surface area (Å²) in [7, 11) is 0. The molecule has 0 atom stereocenters. The first-order valence-electron chi connectivity index (χ1n) is 7.17. The van der Waals surface area contributed by atoms with Gasteiger partial charge in [-0.1, -0.05) is 19.1 Å². The van der Waals surface area contributed by atoms with Crippen LogP contribution in [-0.4, -0.2) is 16.8 Å². The Morgan fingerprint density at radius 3 is 2.59 bits per heavy atom. The summed E-state index contributed by atoms with van der Waals surface area (Å²) < 4.78 is 0. The van der Waals surface area contributed by atoms with E-state index in [1.165, 1.54) is 18.3 Å². The normalized spacial score (nSPS) is 10.3. The highest BCUT2D eigenvalue weighted by Crippen LogP contribution is 2.23. The van der Waals surface area contributed by atoms with E-state index in [2.05, 4.69) is 15.6 Å². The molecule has 2 aromatic rings. The van der Waals surface area contributed by atoms with Crippen LogP contribution in [0, 0.1) is 0 Å². The van der Waals surface area contributed by atoms with E-state index >= 15 is 0 Å². The lowest BCUT2D eigenvalue weighted by Crippen LogP contribution is -2.21. The molecule has 1 heterocycles. The molecule has 2 amide bonds. The second-order valence-corrected chi connectivity index (χ2v) is 5.85. The smallest absolute Gasteiger partial charge is 0.221 e. The first-order chi connectivity index (χ1) is 10.6. The van der Waals surface area contributed by atoms with Crippen LogP contribution in [-0.2, 0) is 16.1 Å². The lowest BCUT2D eigenvalue weighted by Gasteiger charge is -2.03. The second-order valence-electron chi connectivity index (χ2n) is 4.91. The number of aromatic nitrogens is 1. The molecule has 0 aliphatic carbocycles. The van der Waals surface area contributed by atoms with Crippen molar-refractivity contribution in [1.29, 1.82) is 0 Å². The number of hydrogen-bond acceptors (Lipinski definition) is 4. The van der Waals surface area contributed by atoms with Crippen LogP contribution in [0.15, 0.2) is 29.6 Å². The highest BCUT2D eigenvalue weighted by molar-refractivity contribution is 7.09. The fourth-order valence-corrected chi connectivity index (χ4v) is 2.68. The molecule has 0 saturated heterocycles. The maximum Gasteiger partial charge on any atom is 0.221 e. The molecule has 0 aliphatic rings. The summed E-state index contributed by atoms with van der Waals surface area (Å²) in [6, 6.07) is 7.52. The molecule has 0 saturated carbocycles. The van der Waals surface area contributed by atoms with Gasteiger partial charge in [0.1, 0.15) is 5.01 Å². The van der Waals surface area contributed by atoms with Crippen molar-refractivity contribution >= 4 is 28.8 Å². The second kappa shape index (κ2) is 7.70. The van der Waals surface area contributed by atoms with Gasteiger partial charge in [0.2, 0.25) is 11.8 Å². The number of nitrogens with zero attached hydrogens (tertiary/aromatic N) is 1. The summed E-state index contributed by atoms with van der Waals surface area (Å²) in [5.41, 5.74) is 2.62. The number of benzene rings is 1. The molecular formula is C16H19N3O2S. The minimum absolute atomic E-state index is 0.0545. The first-order valence-corrected chi connectivity index (χ1v) is 8.05. The van der Waals surface area contributed by atoms with E-state index in [4.69, 9.17) is 0 Å². The highest BCUT2D eigenvalue weighted by Gasteiger charge is 2.06. The van der Waals surface area contributed by atoms with Gasteiger partial charge in [-0.3, -0.25) is 9.59 Å². The number of carbonyl (C=O) groups excluding carboxylic acids is 2. The molecular weight excluding hydrogens is 298 g/mol. The Kier molecular flexibility index (Phi) is 5.66. The number of thiazole rings is 1. The topological polar surface area (TPSA) is 71.1 Å². The molecule has 1 aromatic carbocycles. The monoisotopic (exact) mass is 317 g/mol. The third-order valence-electron chi connectivity index (χ3n) is 2.97. The summed E-state index contributed by atoms with van der Waals surface area (Å²) in [6.45, 7) is 3.92. The lowest BCUT2D eigenvalue weighted by atomic mass is 10.1. The first kappa shape index (κ1) is 16.2. The third kappa shape index (κ3) is 4.66. The zero-order valence-electron chi connectivity index (χ0n) is 12.7. The highest BCUT2D eigenvalue weighted by atomic mass is 32.1. The van der Waals surface area contributed by atoms with Crippen LogP contribution in [0.5, 0.6) is 0 Å². The summed E-state index contributed by atoms with van der Waals surface area (Å²) in [6.07, 6.45) is 1.39. The Bertz CT molecular complexity index is 650. The Morgan fingerprint density at radius 2 is 1.95 bits per heavy atom. The Hall–Kier alpha value is -2.21.